The highest BCUT2D eigenvalue weighted by Gasteiger charge is 2.34. The van der Waals surface area contributed by atoms with E-state index in [1.54, 1.807) is 14.2 Å². The Hall–Kier alpha value is -1.26. The molecule has 4 heteroatoms. The van der Waals surface area contributed by atoms with Crippen LogP contribution in [0, 0.1) is 5.92 Å². The number of benzene rings is 1. The van der Waals surface area contributed by atoms with Crippen LogP contribution in [-0.4, -0.2) is 33.5 Å². The fourth-order valence-electron chi connectivity index (χ4n) is 2.92. The Bertz CT molecular complexity index is 450. The van der Waals surface area contributed by atoms with Crippen molar-refractivity contribution in [3.63, 3.8) is 0 Å². The molecule has 2 rings (SSSR count). The van der Waals surface area contributed by atoms with E-state index in [-0.39, 0.29) is 12.1 Å². The molecule has 3 atom stereocenters. The van der Waals surface area contributed by atoms with Gasteiger partial charge in [-0.25, -0.2) is 0 Å². The highest BCUT2D eigenvalue weighted by molar-refractivity contribution is 5.43. The van der Waals surface area contributed by atoms with Crippen LogP contribution < -0.4 is 14.8 Å². The molecule has 1 aliphatic heterocycles. The third kappa shape index (κ3) is 3.69. The Balaban J connectivity index is 2.31. The molecule has 1 saturated heterocycles. The van der Waals surface area contributed by atoms with Crippen LogP contribution in [0.1, 0.15) is 38.3 Å². The zero-order valence-electron chi connectivity index (χ0n) is 13.5. The summed E-state index contributed by atoms with van der Waals surface area (Å²) in [7, 11) is 3.37. The van der Waals surface area contributed by atoms with Gasteiger partial charge in [0.2, 0.25) is 0 Å². The molecule has 0 aliphatic carbocycles. The van der Waals surface area contributed by atoms with Crippen LogP contribution in [-0.2, 0) is 4.74 Å². The van der Waals surface area contributed by atoms with Gasteiger partial charge in [0.25, 0.3) is 0 Å². The lowest BCUT2D eigenvalue weighted by atomic mass is 9.91. The third-order valence-electron chi connectivity index (χ3n) is 4.16. The maximum absolute atomic E-state index is 5.99. The highest BCUT2D eigenvalue weighted by atomic mass is 16.5. The zero-order chi connectivity index (χ0) is 15.2. The summed E-state index contributed by atoms with van der Waals surface area (Å²) >= 11 is 0. The van der Waals surface area contributed by atoms with Crippen LogP contribution in [0.5, 0.6) is 11.5 Å². The molecule has 4 nitrogen and oxygen atoms in total. The molecular formula is C17H27NO3. The van der Waals surface area contributed by atoms with Gasteiger partial charge >= 0.3 is 0 Å². The second-order valence-corrected chi connectivity index (χ2v) is 5.64. The largest absolute Gasteiger partial charge is 0.497 e. The summed E-state index contributed by atoms with van der Waals surface area (Å²) in [4.78, 5) is 0. The lowest BCUT2D eigenvalue weighted by Crippen LogP contribution is -2.35. The van der Waals surface area contributed by atoms with Gasteiger partial charge in [-0.05, 0) is 37.4 Å². The van der Waals surface area contributed by atoms with E-state index in [1.807, 2.05) is 12.1 Å². The van der Waals surface area contributed by atoms with Crippen LogP contribution in [0.25, 0.3) is 0 Å². The van der Waals surface area contributed by atoms with Crippen LogP contribution in [0.15, 0.2) is 18.2 Å². The van der Waals surface area contributed by atoms with Crippen molar-refractivity contribution in [3.05, 3.63) is 23.8 Å². The van der Waals surface area contributed by atoms with Crippen molar-refractivity contribution in [3.8, 4) is 11.5 Å². The van der Waals surface area contributed by atoms with Gasteiger partial charge in [0, 0.05) is 18.2 Å². The van der Waals surface area contributed by atoms with Crippen LogP contribution in [0.4, 0.5) is 0 Å². The minimum absolute atomic E-state index is 0.156. The Labute approximate surface area is 127 Å². The summed E-state index contributed by atoms with van der Waals surface area (Å²) in [6, 6.07) is 6.16. The Morgan fingerprint density at radius 2 is 2.14 bits per heavy atom. The molecule has 1 heterocycles. The van der Waals surface area contributed by atoms with Gasteiger partial charge in [-0.1, -0.05) is 13.8 Å². The van der Waals surface area contributed by atoms with Gasteiger partial charge in [0.05, 0.1) is 26.4 Å². The highest BCUT2D eigenvalue weighted by Crippen LogP contribution is 2.37. The van der Waals surface area contributed by atoms with Crippen molar-refractivity contribution in [1.29, 1.82) is 0 Å². The Morgan fingerprint density at radius 1 is 1.33 bits per heavy atom. The van der Waals surface area contributed by atoms with E-state index >= 15 is 0 Å². The van der Waals surface area contributed by atoms with E-state index < -0.39 is 0 Å². The molecule has 0 aromatic heterocycles. The smallest absolute Gasteiger partial charge is 0.127 e. The molecule has 1 aliphatic rings. The lowest BCUT2D eigenvalue weighted by Gasteiger charge is -2.29. The number of ether oxygens (including phenoxy) is 3. The monoisotopic (exact) mass is 293 g/mol. The van der Waals surface area contributed by atoms with Gasteiger partial charge < -0.3 is 19.5 Å². The van der Waals surface area contributed by atoms with E-state index in [9.17, 15) is 0 Å². The summed E-state index contributed by atoms with van der Waals surface area (Å²) in [5.74, 6) is 2.21. The summed E-state index contributed by atoms with van der Waals surface area (Å²) < 4.78 is 16.8. The van der Waals surface area contributed by atoms with E-state index in [1.165, 1.54) is 0 Å². The summed E-state index contributed by atoms with van der Waals surface area (Å²) in [6.45, 7) is 6.24. The minimum atomic E-state index is 0.156. The molecule has 1 N–H and O–H groups in total. The first-order valence-corrected chi connectivity index (χ1v) is 7.78. The van der Waals surface area contributed by atoms with Crippen molar-refractivity contribution in [2.45, 2.75) is 38.8 Å². The van der Waals surface area contributed by atoms with E-state index in [4.69, 9.17) is 14.2 Å². The average molecular weight is 293 g/mol. The predicted molar refractivity (Wildman–Crippen MR) is 84.1 cm³/mol. The molecule has 118 valence electrons. The van der Waals surface area contributed by atoms with Crippen LogP contribution >= 0.6 is 0 Å². The van der Waals surface area contributed by atoms with E-state index in [0.29, 0.717) is 5.92 Å². The fraction of sp³-hybridized carbons (Fsp3) is 0.647. The van der Waals surface area contributed by atoms with E-state index in [0.717, 1.165) is 43.1 Å². The molecule has 0 spiro atoms. The van der Waals surface area contributed by atoms with Gasteiger partial charge in [-0.15, -0.1) is 0 Å². The molecule has 0 bridgehead atoms. The molecule has 1 aromatic carbocycles. The fourth-order valence-corrected chi connectivity index (χ4v) is 2.92. The van der Waals surface area contributed by atoms with E-state index in [2.05, 4.69) is 25.2 Å². The molecule has 1 aromatic rings. The van der Waals surface area contributed by atoms with Gasteiger partial charge in [-0.3, -0.25) is 0 Å². The number of nitrogens with one attached hydrogen (secondary N) is 1. The average Bonchev–Trinajstić information content (AvgIpc) is 2.94. The first-order chi connectivity index (χ1) is 10.2. The predicted octanol–water partition coefficient (Wildman–Crippen LogP) is 3.17. The topological polar surface area (TPSA) is 39.7 Å². The summed E-state index contributed by atoms with van der Waals surface area (Å²) in [5, 5.41) is 3.62. The second kappa shape index (κ2) is 7.66. The summed E-state index contributed by atoms with van der Waals surface area (Å²) in [5.41, 5.74) is 1.14. The molecular weight excluding hydrogens is 266 g/mol. The molecule has 3 unspecified atom stereocenters. The van der Waals surface area contributed by atoms with Crippen LogP contribution in [0.2, 0.25) is 0 Å². The minimum Gasteiger partial charge on any atom is -0.497 e. The van der Waals surface area contributed by atoms with Crippen molar-refractivity contribution in [2.24, 2.45) is 5.92 Å². The van der Waals surface area contributed by atoms with Crippen molar-refractivity contribution >= 4 is 0 Å². The quantitative estimate of drug-likeness (QED) is 0.838. The van der Waals surface area contributed by atoms with Crippen LogP contribution in [0.3, 0.4) is 0 Å². The lowest BCUT2D eigenvalue weighted by molar-refractivity contribution is 0.0599. The maximum Gasteiger partial charge on any atom is 0.127 e. The number of hydrogen-bond donors (Lipinski definition) is 1. The first-order valence-electron chi connectivity index (χ1n) is 7.78. The standard InChI is InChI=1S/C17H27NO3/c1-5-9-18-16(17-12(2)8-10-21-17)14-7-6-13(19-3)11-15(14)20-4/h6-7,11-12,16-18H,5,8-10H2,1-4H3. The Morgan fingerprint density at radius 3 is 2.71 bits per heavy atom. The van der Waals surface area contributed by atoms with Crippen molar-refractivity contribution in [2.75, 3.05) is 27.4 Å². The van der Waals surface area contributed by atoms with Gasteiger partial charge in [-0.2, -0.15) is 0 Å². The number of methoxy groups -OCH3 is 2. The van der Waals surface area contributed by atoms with Gasteiger partial charge in [0.15, 0.2) is 0 Å². The molecule has 0 saturated carbocycles. The number of hydrogen-bond acceptors (Lipinski definition) is 4. The Kier molecular flexibility index (Phi) is 5.88. The van der Waals surface area contributed by atoms with Gasteiger partial charge in [0.1, 0.15) is 11.5 Å². The molecule has 0 amide bonds. The molecule has 1 fully saturated rings. The van der Waals surface area contributed by atoms with Crippen molar-refractivity contribution < 1.29 is 14.2 Å². The maximum atomic E-state index is 5.99. The molecule has 21 heavy (non-hydrogen) atoms. The second-order valence-electron chi connectivity index (χ2n) is 5.64. The third-order valence-corrected chi connectivity index (χ3v) is 4.16. The SMILES string of the molecule is CCCNC(c1ccc(OC)cc1OC)C1OCCC1C. The normalized spacial score (nSPS) is 23.0. The number of rotatable bonds is 7. The first kappa shape index (κ1) is 16.1. The van der Waals surface area contributed by atoms with Crippen molar-refractivity contribution in [1.82, 2.24) is 5.32 Å². The molecule has 0 radical (unpaired) electrons. The zero-order valence-corrected chi connectivity index (χ0v) is 13.5. The summed E-state index contributed by atoms with van der Waals surface area (Å²) in [6.07, 6.45) is 2.41.